The summed E-state index contributed by atoms with van der Waals surface area (Å²) < 4.78 is 10.1. The maximum Gasteiger partial charge on any atom is 0.326 e. The molecule has 3 atom stereocenters. The zero-order chi connectivity index (χ0) is 14.5. The van der Waals surface area contributed by atoms with Gasteiger partial charge in [0.2, 0.25) is 5.91 Å². The highest BCUT2D eigenvalue weighted by molar-refractivity contribution is 5.85. The number of hydrogen-bond acceptors (Lipinski definition) is 4. The van der Waals surface area contributed by atoms with E-state index >= 15 is 0 Å². The molecule has 0 spiro atoms. The Kier molecular flexibility index (Phi) is 5.37. The fourth-order valence-corrected chi connectivity index (χ4v) is 3.42. The fourth-order valence-electron chi connectivity index (χ4n) is 3.42. The Morgan fingerprint density at radius 2 is 2.00 bits per heavy atom. The zero-order valence-corrected chi connectivity index (χ0v) is 11.9. The Balaban J connectivity index is 1.97. The van der Waals surface area contributed by atoms with E-state index in [4.69, 9.17) is 9.47 Å². The standard InChI is InChI=1S/C14H23NO5/c1-19-6-7-20-9-13(16)15-11-5-3-2-4-10(11)8-12(15)14(17)18/h10-12H,2-9H2,1H3,(H,17,18). The van der Waals surface area contributed by atoms with Crippen molar-refractivity contribution >= 4 is 11.9 Å². The Bertz CT molecular complexity index is 359. The molecule has 114 valence electrons. The zero-order valence-electron chi connectivity index (χ0n) is 11.9. The second kappa shape index (κ2) is 7.04. The molecule has 20 heavy (non-hydrogen) atoms. The third-order valence-corrected chi connectivity index (χ3v) is 4.32. The normalized spacial score (nSPS) is 29.2. The summed E-state index contributed by atoms with van der Waals surface area (Å²) in [5.74, 6) is -0.764. The molecular formula is C14H23NO5. The van der Waals surface area contributed by atoms with Crippen LogP contribution in [0.2, 0.25) is 0 Å². The van der Waals surface area contributed by atoms with Gasteiger partial charge in [-0.15, -0.1) is 0 Å². The molecule has 1 amide bonds. The van der Waals surface area contributed by atoms with Crippen molar-refractivity contribution in [3.05, 3.63) is 0 Å². The second-order valence-electron chi connectivity index (χ2n) is 5.55. The van der Waals surface area contributed by atoms with Crippen LogP contribution < -0.4 is 0 Å². The molecule has 1 N–H and O–H groups in total. The Labute approximate surface area is 119 Å². The quantitative estimate of drug-likeness (QED) is 0.734. The summed E-state index contributed by atoms with van der Waals surface area (Å²) in [6, 6.07) is -0.593. The number of carbonyl (C=O) groups excluding carboxylic acids is 1. The van der Waals surface area contributed by atoms with Crippen molar-refractivity contribution in [2.75, 3.05) is 26.9 Å². The van der Waals surface area contributed by atoms with E-state index in [1.165, 1.54) is 0 Å². The number of aliphatic carboxylic acids is 1. The maximum atomic E-state index is 12.3. The first kappa shape index (κ1) is 15.3. The first-order valence-corrected chi connectivity index (χ1v) is 7.25. The number of hydrogen-bond donors (Lipinski definition) is 1. The Hall–Kier alpha value is -1.14. The molecule has 2 aliphatic rings. The summed E-state index contributed by atoms with van der Waals surface area (Å²) in [5, 5.41) is 9.33. The third-order valence-electron chi connectivity index (χ3n) is 4.32. The number of amides is 1. The van der Waals surface area contributed by atoms with Gasteiger partial charge in [-0.1, -0.05) is 12.8 Å². The van der Waals surface area contributed by atoms with E-state index in [0.717, 1.165) is 25.7 Å². The third kappa shape index (κ3) is 3.30. The van der Waals surface area contributed by atoms with Crippen LogP contribution in [0.3, 0.4) is 0 Å². The molecule has 1 heterocycles. The van der Waals surface area contributed by atoms with Crippen LogP contribution in [0.1, 0.15) is 32.1 Å². The number of carboxylic acid groups (broad SMARTS) is 1. The van der Waals surface area contributed by atoms with Crippen LogP contribution in [0.5, 0.6) is 0 Å². The second-order valence-corrected chi connectivity index (χ2v) is 5.55. The van der Waals surface area contributed by atoms with Gasteiger partial charge in [-0.3, -0.25) is 4.79 Å². The van der Waals surface area contributed by atoms with Crippen LogP contribution in [0.4, 0.5) is 0 Å². The molecule has 1 aliphatic heterocycles. The van der Waals surface area contributed by atoms with E-state index in [2.05, 4.69) is 0 Å². The van der Waals surface area contributed by atoms with Crippen molar-refractivity contribution in [3.8, 4) is 0 Å². The number of methoxy groups -OCH3 is 1. The summed E-state index contributed by atoms with van der Waals surface area (Å²) in [7, 11) is 1.57. The lowest BCUT2D eigenvalue weighted by atomic mass is 9.85. The summed E-state index contributed by atoms with van der Waals surface area (Å²) in [5.41, 5.74) is 0. The minimum absolute atomic E-state index is 0.0592. The molecule has 1 aliphatic carbocycles. The van der Waals surface area contributed by atoms with Gasteiger partial charge in [-0.05, 0) is 25.2 Å². The van der Waals surface area contributed by atoms with Gasteiger partial charge in [0.05, 0.1) is 13.2 Å². The van der Waals surface area contributed by atoms with Crippen LogP contribution >= 0.6 is 0 Å². The van der Waals surface area contributed by atoms with E-state index in [0.29, 0.717) is 25.6 Å². The molecule has 0 aromatic carbocycles. The van der Waals surface area contributed by atoms with Crippen molar-refractivity contribution < 1.29 is 24.2 Å². The predicted octanol–water partition coefficient (Wildman–Crippen LogP) is 0.894. The van der Waals surface area contributed by atoms with Crippen molar-refractivity contribution in [2.45, 2.75) is 44.2 Å². The molecule has 0 bridgehead atoms. The largest absolute Gasteiger partial charge is 0.480 e. The van der Waals surface area contributed by atoms with Gasteiger partial charge in [0.15, 0.2) is 0 Å². The fraction of sp³-hybridized carbons (Fsp3) is 0.857. The first-order valence-electron chi connectivity index (χ1n) is 7.25. The Morgan fingerprint density at radius 1 is 1.25 bits per heavy atom. The van der Waals surface area contributed by atoms with E-state index in [1.54, 1.807) is 12.0 Å². The molecule has 0 aromatic rings. The van der Waals surface area contributed by atoms with Crippen molar-refractivity contribution in [3.63, 3.8) is 0 Å². The van der Waals surface area contributed by atoms with Crippen LogP contribution in [-0.4, -0.2) is 60.9 Å². The lowest BCUT2D eigenvalue weighted by Crippen LogP contribution is -2.47. The van der Waals surface area contributed by atoms with Gasteiger partial charge < -0.3 is 19.5 Å². The summed E-state index contributed by atoms with van der Waals surface area (Å²) >= 11 is 0. The molecule has 6 heteroatoms. The number of carbonyl (C=O) groups is 2. The van der Waals surface area contributed by atoms with Crippen molar-refractivity contribution in [1.29, 1.82) is 0 Å². The van der Waals surface area contributed by atoms with Gasteiger partial charge in [-0.2, -0.15) is 0 Å². The van der Waals surface area contributed by atoms with Crippen LogP contribution in [0, 0.1) is 5.92 Å². The van der Waals surface area contributed by atoms with Gasteiger partial charge in [-0.25, -0.2) is 4.79 Å². The van der Waals surface area contributed by atoms with E-state index in [-0.39, 0.29) is 18.6 Å². The topological polar surface area (TPSA) is 76.1 Å². The molecular weight excluding hydrogens is 262 g/mol. The molecule has 1 saturated heterocycles. The van der Waals surface area contributed by atoms with E-state index < -0.39 is 12.0 Å². The van der Waals surface area contributed by atoms with Gasteiger partial charge in [0, 0.05) is 13.2 Å². The van der Waals surface area contributed by atoms with E-state index in [1.807, 2.05) is 0 Å². The predicted molar refractivity (Wildman–Crippen MR) is 71.3 cm³/mol. The summed E-state index contributed by atoms with van der Waals surface area (Å²) in [6.45, 7) is 0.722. The minimum atomic E-state index is -0.898. The average Bonchev–Trinajstić information content (AvgIpc) is 2.83. The average molecular weight is 285 g/mol. The van der Waals surface area contributed by atoms with Gasteiger partial charge in [0.1, 0.15) is 12.6 Å². The number of fused-ring (bicyclic) bond motifs is 1. The highest BCUT2D eigenvalue weighted by Crippen LogP contribution is 2.39. The summed E-state index contributed by atoms with van der Waals surface area (Å²) in [6.07, 6.45) is 4.74. The maximum absolute atomic E-state index is 12.3. The lowest BCUT2D eigenvalue weighted by molar-refractivity contribution is -0.152. The molecule has 1 saturated carbocycles. The van der Waals surface area contributed by atoms with Crippen molar-refractivity contribution in [1.82, 2.24) is 4.90 Å². The van der Waals surface area contributed by atoms with Crippen LogP contribution in [-0.2, 0) is 19.1 Å². The van der Waals surface area contributed by atoms with Crippen LogP contribution in [0.15, 0.2) is 0 Å². The molecule has 2 rings (SSSR count). The van der Waals surface area contributed by atoms with E-state index in [9.17, 15) is 14.7 Å². The SMILES string of the molecule is COCCOCC(=O)N1C(C(=O)O)CC2CCCCC21. The van der Waals surface area contributed by atoms with Crippen molar-refractivity contribution in [2.24, 2.45) is 5.92 Å². The summed E-state index contributed by atoms with van der Waals surface area (Å²) in [4.78, 5) is 25.2. The number of ether oxygens (including phenoxy) is 2. The van der Waals surface area contributed by atoms with Gasteiger partial charge in [0.25, 0.3) is 0 Å². The number of rotatable bonds is 6. The highest BCUT2D eigenvalue weighted by Gasteiger charge is 2.47. The molecule has 3 unspecified atom stereocenters. The smallest absolute Gasteiger partial charge is 0.326 e. The van der Waals surface area contributed by atoms with Gasteiger partial charge >= 0.3 is 5.97 Å². The monoisotopic (exact) mass is 285 g/mol. The lowest BCUT2D eigenvalue weighted by Gasteiger charge is -2.32. The first-order chi connectivity index (χ1) is 9.65. The minimum Gasteiger partial charge on any atom is -0.480 e. The molecule has 0 radical (unpaired) electrons. The van der Waals surface area contributed by atoms with Crippen LogP contribution in [0.25, 0.3) is 0 Å². The number of carboxylic acids is 1. The highest BCUT2D eigenvalue weighted by atomic mass is 16.5. The number of nitrogens with zero attached hydrogens (tertiary/aromatic N) is 1. The Morgan fingerprint density at radius 3 is 2.70 bits per heavy atom. The number of likely N-dealkylation sites (tertiary alicyclic amines) is 1. The molecule has 2 fully saturated rings. The molecule has 0 aromatic heterocycles. The molecule has 6 nitrogen and oxygen atoms in total.